The van der Waals surface area contributed by atoms with Gasteiger partial charge in [-0.2, -0.15) is 0 Å². The first kappa shape index (κ1) is 9.93. The summed E-state index contributed by atoms with van der Waals surface area (Å²) in [6.07, 6.45) is 1.12. The molecule has 0 amide bonds. The van der Waals surface area contributed by atoms with E-state index < -0.39 is 5.97 Å². The lowest BCUT2D eigenvalue weighted by molar-refractivity contribution is -0.148. The van der Waals surface area contributed by atoms with Crippen molar-refractivity contribution in [2.75, 3.05) is 32.8 Å². The normalized spacial score (nSPS) is 26.6. The second-order valence-electron chi connectivity index (χ2n) is 4.85. The summed E-state index contributed by atoms with van der Waals surface area (Å²) in [7, 11) is 0. The van der Waals surface area contributed by atoms with Gasteiger partial charge in [0, 0.05) is 18.5 Å². The Morgan fingerprint density at radius 2 is 2.21 bits per heavy atom. The monoisotopic (exact) mass is 199 g/mol. The molecule has 2 heterocycles. The molecule has 2 fully saturated rings. The second kappa shape index (κ2) is 3.51. The molecule has 0 atom stereocenters. The van der Waals surface area contributed by atoms with E-state index in [1.165, 1.54) is 0 Å². The number of hydrogen-bond acceptors (Lipinski definition) is 3. The van der Waals surface area contributed by atoms with Gasteiger partial charge in [0.2, 0.25) is 0 Å². The molecule has 0 aliphatic carbocycles. The fourth-order valence-electron chi connectivity index (χ4n) is 1.93. The molecule has 1 N–H and O–H groups in total. The summed E-state index contributed by atoms with van der Waals surface area (Å²) < 4.78 is 5.17. The fraction of sp³-hybridized carbons (Fsp3) is 0.900. The van der Waals surface area contributed by atoms with Crippen molar-refractivity contribution in [3.05, 3.63) is 0 Å². The van der Waals surface area contributed by atoms with Crippen LogP contribution >= 0.6 is 0 Å². The van der Waals surface area contributed by atoms with E-state index in [4.69, 9.17) is 9.84 Å². The van der Waals surface area contributed by atoms with Gasteiger partial charge in [-0.15, -0.1) is 0 Å². The number of carbonyl (C=O) groups is 1. The Morgan fingerprint density at radius 3 is 2.64 bits per heavy atom. The summed E-state index contributed by atoms with van der Waals surface area (Å²) in [5.74, 6) is -0.778. The Bertz CT molecular complexity index is 232. The number of likely N-dealkylation sites (tertiary alicyclic amines) is 1. The van der Waals surface area contributed by atoms with Crippen molar-refractivity contribution in [3.8, 4) is 0 Å². The third-order valence-electron chi connectivity index (χ3n) is 3.24. The molecule has 4 nitrogen and oxygen atoms in total. The highest BCUT2D eigenvalue weighted by atomic mass is 16.5. The van der Waals surface area contributed by atoms with Gasteiger partial charge in [-0.05, 0) is 13.0 Å². The van der Waals surface area contributed by atoms with Gasteiger partial charge < -0.3 is 14.7 Å². The molecule has 0 aromatic rings. The minimum atomic E-state index is -0.653. The van der Waals surface area contributed by atoms with Crippen LogP contribution in [0.1, 0.15) is 13.3 Å². The van der Waals surface area contributed by atoms with E-state index in [0.29, 0.717) is 5.41 Å². The maximum absolute atomic E-state index is 10.5. The molecule has 2 rings (SSSR count). The summed E-state index contributed by atoms with van der Waals surface area (Å²) in [6.45, 7) is 6.43. The molecule has 0 radical (unpaired) electrons. The van der Waals surface area contributed by atoms with Gasteiger partial charge in [0.25, 0.3) is 0 Å². The van der Waals surface area contributed by atoms with Gasteiger partial charge >= 0.3 is 5.97 Å². The maximum Gasteiger partial charge on any atom is 0.309 e. The van der Waals surface area contributed by atoms with Gasteiger partial charge in [-0.1, -0.05) is 6.92 Å². The van der Waals surface area contributed by atoms with Crippen molar-refractivity contribution in [1.29, 1.82) is 0 Å². The van der Waals surface area contributed by atoms with E-state index in [2.05, 4.69) is 11.8 Å². The largest absolute Gasteiger partial charge is 0.481 e. The van der Waals surface area contributed by atoms with Crippen molar-refractivity contribution in [3.63, 3.8) is 0 Å². The molecule has 0 aromatic heterocycles. The smallest absolute Gasteiger partial charge is 0.309 e. The van der Waals surface area contributed by atoms with Gasteiger partial charge in [-0.3, -0.25) is 4.79 Å². The van der Waals surface area contributed by atoms with Crippen LogP contribution in [0.25, 0.3) is 0 Å². The zero-order chi connectivity index (χ0) is 10.2. The Hall–Kier alpha value is -0.610. The predicted octanol–water partition coefficient (Wildman–Crippen LogP) is 0.429. The first-order chi connectivity index (χ1) is 6.59. The van der Waals surface area contributed by atoms with Gasteiger partial charge in [0.15, 0.2) is 0 Å². The third kappa shape index (κ3) is 1.91. The quantitative estimate of drug-likeness (QED) is 0.713. The van der Waals surface area contributed by atoms with Crippen LogP contribution in [0.3, 0.4) is 0 Å². The summed E-state index contributed by atoms with van der Waals surface area (Å²) >= 11 is 0. The third-order valence-corrected chi connectivity index (χ3v) is 3.24. The number of aliphatic carboxylic acids is 1. The molecule has 0 bridgehead atoms. The summed E-state index contributed by atoms with van der Waals surface area (Å²) in [5, 5.41) is 8.69. The molecule has 0 saturated carbocycles. The van der Waals surface area contributed by atoms with Crippen LogP contribution in [-0.4, -0.2) is 48.8 Å². The lowest BCUT2D eigenvalue weighted by atomic mass is 9.84. The van der Waals surface area contributed by atoms with Crippen LogP contribution in [0.15, 0.2) is 0 Å². The standard InChI is InChI=1S/C10H17NO3/c1-10(6-14-7-10)2-3-11-4-8(5-11)9(12)13/h8H,2-7H2,1H3,(H,12,13). The first-order valence-corrected chi connectivity index (χ1v) is 5.12. The Morgan fingerprint density at radius 1 is 1.57 bits per heavy atom. The number of hydrogen-bond donors (Lipinski definition) is 1. The number of nitrogens with zero attached hydrogens (tertiary/aromatic N) is 1. The zero-order valence-corrected chi connectivity index (χ0v) is 8.53. The van der Waals surface area contributed by atoms with E-state index in [-0.39, 0.29) is 5.92 Å². The lowest BCUT2D eigenvalue weighted by Crippen LogP contribution is -2.52. The molecular weight excluding hydrogens is 182 g/mol. The van der Waals surface area contributed by atoms with Crippen molar-refractivity contribution in [1.82, 2.24) is 4.90 Å². The van der Waals surface area contributed by atoms with Crippen molar-refractivity contribution < 1.29 is 14.6 Å². The number of carboxylic acids is 1. The number of carboxylic acid groups (broad SMARTS) is 1. The van der Waals surface area contributed by atoms with Gasteiger partial charge in [0.1, 0.15) is 0 Å². The Balaban J connectivity index is 1.62. The van der Waals surface area contributed by atoms with Crippen molar-refractivity contribution >= 4 is 5.97 Å². The number of rotatable bonds is 4. The first-order valence-electron chi connectivity index (χ1n) is 5.12. The molecule has 2 aliphatic rings. The molecular formula is C10H17NO3. The van der Waals surface area contributed by atoms with E-state index in [9.17, 15) is 4.79 Å². The molecule has 0 spiro atoms. The number of ether oxygens (including phenoxy) is 1. The molecule has 2 saturated heterocycles. The summed E-state index contributed by atoms with van der Waals surface area (Å²) in [6, 6.07) is 0. The van der Waals surface area contributed by atoms with Crippen LogP contribution in [0.5, 0.6) is 0 Å². The van der Waals surface area contributed by atoms with E-state index >= 15 is 0 Å². The minimum absolute atomic E-state index is 0.125. The highest BCUT2D eigenvalue weighted by Crippen LogP contribution is 2.31. The zero-order valence-electron chi connectivity index (χ0n) is 8.53. The molecule has 0 unspecified atom stereocenters. The van der Waals surface area contributed by atoms with Crippen molar-refractivity contribution in [2.45, 2.75) is 13.3 Å². The van der Waals surface area contributed by atoms with Crippen LogP contribution in [0.2, 0.25) is 0 Å². The average molecular weight is 199 g/mol. The molecule has 4 heteroatoms. The molecule has 14 heavy (non-hydrogen) atoms. The Kier molecular flexibility index (Phi) is 2.49. The highest BCUT2D eigenvalue weighted by Gasteiger charge is 2.37. The molecule has 2 aliphatic heterocycles. The van der Waals surface area contributed by atoms with Crippen LogP contribution in [0.4, 0.5) is 0 Å². The Labute approximate surface area is 83.8 Å². The van der Waals surface area contributed by atoms with E-state index in [0.717, 1.165) is 39.3 Å². The topological polar surface area (TPSA) is 49.8 Å². The van der Waals surface area contributed by atoms with Crippen LogP contribution in [-0.2, 0) is 9.53 Å². The van der Waals surface area contributed by atoms with E-state index in [1.807, 2.05) is 0 Å². The summed E-state index contributed by atoms with van der Waals surface area (Å²) in [4.78, 5) is 12.8. The van der Waals surface area contributed by atoms with Crippen LogP contribution in [0, 0.1) is 11.3 Å². The van der Waals surface area contributed by atoms with Crippen molar-refractivity contribution in [2.24, 2.45) is 11.3 Å². The summed E-state index contributed by atoms with van der Waals surface area (Å²) in [5.41, 5.74) is 0.355. The molecule has 80 valence electrons. The highest BCUT2D eigenvalue weighted by molar-refractivity contribution is 5.71. The second-order valence-corrected chi connectivity index (χ2v) is 4.85. The minimum Gasteiger partial charge on any atom is -0.481 e. The average Bonchev–Trinajstić information content (AvgIpc) is 1.97. The fourth-order valence-corrected chi connectivity index (χ4v) is 1.93. The van der Waals surface area contributed by atoms with Gasteiger partial charge in [-0.25, -0.2) is 0 Å². The SMILES string of the molecule is CC1(CCN2CC(C(=O)O)C2)COC1. The molecule has 0 aromatic carbocycles. The van der Waals surface area contributed by atoms with Gasteiger partial charge in [0.05, 0.1) is 19.1 Å². The van der Waals surface area contributed by atoms with E-state index in [1.54, 1.807) is 0 Å². The lowest BCUT2D eigenvalue weighted by Gasteiger charge is -2.42. The predicted molar refractivity (Wildman–Crippen MR) is 51.1 cm³/mol. The maximum atomic E-state index is 10.5. The van der Waals surface area contributed by atoms with Crippen LogP contribution < -0.4 is 0 Å².